The highest BCUT2D eigenvalue weighted by Gasteiger charge is 2.14. The molecule has 0 bridgehead atoms. The van der Waals surface area contributed by atoms with Crippen molar-refractivity contribution >= 4 is 46.3 Å². The van der Waals surface area contributed by atoms with Gasteiger partial charge in [0.1, 0.15) is 0 Å². The minimum absolute atomic E-state index is 0.293. The molecule has 0 spiro atoms. The van der Waals surface area contributed by atoms with Crippen LogP contribution in [0.5, 0.6) is 0 Å². The van der Waals surface area contributed by atoms with Crippen molar-refractivity contribution in [3.05, 3.63) is 58.6 Å². The minimum Gasteiger partial charge on any atom is -0.465 e. The highest BCUT2D eigenvalue weighted by molar-refractivity contribution is 7.80. The van der Waals surface area contributed by atoms with E-state index < -0.39 is 5.97 Å². The molecule has 8 heteroatoms. The lowest BCUT2D eigenvalue weighted by Gasteiger charge is -2.34. The van der Waals surface area contributed by atoms with Gasteiger partial charge in [-0.2, -0.15) is 0 Å². The van der Waals surface area contributed by atoms with Crippen LogP contribution in [0.3, 0.4) is 0 Å². The number of anilines is 2. The number of carbonyl (C=O) groups is 1. The van der Waals surface area contributed by atoms with E-state index in [4.69, 9.17) is 28.6 Å². The van der Waals surface area contributed by atoms with Gasteiger partial charge in [0.25, 0.3) is 0 Å². The fraction of sp³-hybridized carbons (Fsp3) is 0.333. The summed E-state index contributed by atoms with van der Waals surface area (Å²) < 4.78 is 4.74. The van der Waals surface area contributed by atoms with Gasteiger partial charge in [-0.1, -0.05) is 23.7 Å². The number of likely N-dealkylation sites (N-methyl/N-ethyl adjacent to an activating group) is 1. The predicted octanol–water partition coefficient (Wildman–Crippen LogP) is 3.37. The third-order valence-electron chi connectivity index (χ3n) is 4.89. The number of carbonyl (C=O) groups excluding carboxylic acids is 1. The molecule has 6 nitrogen and oxygen atoms in total. The number of nitrogens with zero attached hydrogens (tertiary/aromatic N) is 2. The molecule has 29 heavy (non-hydrogen) atoms. The van der Waals surface area contributed by atoms with Crippen LogP contribution in [-0.4, -0.2) is 56.3 Å². The zero-order valence-corrected chi connectivity index (χ0v) is 18.1. The van der Waals surface area contributed by atoms with Gasteiger partial charge in [0.05, 0.1) is 17.7 Å². The summed E-state index contributed by atoms with van der Waals surface area (Å²) in [6, 6.07) is 13.5. The number of thiocarbonyl (C=S) groups is 1. The van der Waals surface area contributed by atoms with Crippen molar-refractivity contribution in [3.63, 3.8) is 0 Å². The predicted molar refractivity (Wildman–Crippen MR) is 122 cm³/mol. The molecular weight excluding hydrogens is 408 g/mol. The summed E-state index contributed by atoms with van der Waals surface area (Å²) in [7, 11) is 3.48. The lowest BCUT2D eigenvalue weighted by atomic mass is 10.2. The Morgan fingerprint density at radius 2 is 1.83 bits per heavy atom. The summed E-state index contributed by atoms with van der Waals surface area (Å²) in [5.74, 6) is -0.488. The summed E-state index contributed by atoms with van der Waals surface area (Å²) in [5, 5.41) is 7.05. The molecule has 0 aliphatic carbocycles. The van der Waals surface area contributed by atoms with Crippen molar-refractivity contribution in [2.45, 2.75) is 6.54 Å². The van der Waals surface area contributed by atoms with E-state index in [0.717, 1.165) is 31.7 Å². The van der Waals surface area contributed by atoms with Crippen LogP contribution in [0.25, 0.3) is 0 Å². The van der Waals surface area contributed by atoms with E-state index in [0.29, 0.717) is 27.9 Å². The molecule has 2 aromatic carbocycles. The maximum atomic E-state index is 11.8. The second-order valence-corrected chi connectivity index (χ2v) is 7.77. The van der Waals surface area contributed by atoms with Gasteiger partial charge in [0.2, 0.25) is 0 Å². The zero-order chi connectivity index (χ0) is 20.8. The quantitative estimate of drug-likeness (QED) is 0.555. The van der Waals surface area contributed by atoms with Gasteiger partial charge in [-0.3, -0.25) is 0 Å². The molecule has 3 rings (SSSR count). The first-order chi connectivity index (χ1) is 14.0. The standard InChI is InChI=1S/C21H25ClN4O2S/c1-25-9-11-26(12-10-25)17-6-3-15(4-7-17)14-23-21(29)24-16-5-8-19(22)18(13-16)20(27)28-2/h3-8,13H,9-12,14H2,1-2H3,(H2,23,24,29). The first kappa shape index (κ1) is 21.4. The molecular formula is C21H25ClN4O2S. The maximum absolute atomic E-state index is 11.8. The van der Waals surface area contributed by atoms with Gasteiger partial charge in [-0.15, -0.1) is 0 Å². The lowest BCUT2D eigenvalue weighted by Crippen LogP contribution is -2.44. The Labute approximate surface area is 181 Å². The SMILES string of the molecule is COC(=O)c1cc(NC(=S)NCc2ccc(N3CCN(C)CC3)cc2)ccc1Cl. The second kappa shape index (κ2) is 9.91. The minimum atomic E-state index is -0.488. The van der Waals surface area contributed by atoms with Crippen LogP contribution < -0.4 is 15.5 Å². The van der Waals surface area contributed by atoms with Crippen molar-refractivity contribution in [1.29, 1.82) is 0 Å². The molecule has 1 heterocycles. The average molecular weight is 433 g/mol. The van der Waals surface area contributed by atoms with Crippen molar-refractivity contribution in [2.75, 3.05) is 50.6 Å². The van der Waals surface area contributed by atoms with Crippen LogP contribution in [0, 0.1) is 0 Å². The van der Waals surface area contributed by atoms with E-state index in [2.05, 4.69) is 51.7 Å². The van der Waals surface area contributed by atoms with Crippen LogP contribution >= 0.6 is 23.8 Å². The molecule has 2 N–H and O–H groups in total. The molecule has 1 saturated heterocycles. The number of nitrogens with one attached hydrogen (secondary N) is 2. The topological polar surface area (TPSA) is 56.8 Å². The normalized spacial score (nSPS) is 14.4. The van der Waals surface area contributed by atoms with Crippen LogP contribution in [0.1, 0.15) is 15.9 Å². The summed E-state index contributed by atoms with van der Waals surface area (Å²) in [5.41, 5.74) is 3.34. The van der Waals surface area contributed by atoms with Gasteiger partial charge in [-0.25, -0.2) is 4.79 Å². The van der Waals surface area contributed by atoms with Crippen molar-refractivity contribution in [3.8, 4) is 0 Å². The lowest BCUT2D eigenvalue weighted by molar-refractivity contribution is 0.0601. The molecule has 0 amide bonds. The number of halogens is 1. The smallest absolute Gasteiger partial charge is 0.339 e. The molecule has 2 aromatic rings. The van der Waals surface area contributed by atoms with Gasteiger partial charge >= 0.3 is 5.97 Å². The number of esters is 1. The molecule has 1 aliphatic heterocycles. The highest BCUT2D eigenvalue weighted by Crippen LogP contribution is 2.21. The van der Waals surface area contributed by atoms with E-state index in [1.807, 2.05) is 0 Å². The Morgan fingerprint density at radius 1 is 1.14 bits per heavy atom. The first-order valence-electron chi connectivity index (χ1n) is 9.41. The summed E-state index contributed by atoms with van der Waals surface area (Å²) in [6.45, 7) is 4.89. The highest BCUT2D eigenvalue weighted by atomic mass is 35.5. The number of piperazine rings is 1. The zero-order valence-electron chi connectivity index (χ0n) is 16.6. The van der Waals surface area contributed by atoms with E-state index in [1.165, 1.54) is 12.8 Å². The Bertz CT molecular complexity index is 867. The van der Waals surface area contributed by atoms with Gasteiger partial charge in [0.15, 0.2) is 5.11 Å². The van der Waals surface area contributed by atoms with E-state index in [-0.39, 0.29) is 0 Å². The molecule has 0 atom stereocenters. The maximum Gasteiger partial charge on any atom is 0.339 e. The van der Waals surface area contributed by atoms with Crippen molar-refractivity contribution in [2.24, 2.45) is 0 Å². The van der Waals surface area contributed by atoms with Crippen molar-refractivity contribution < 1.29 is 9.53 Å². The van der Waals surface area contributed by atoms with Crippen LogP contribution in [0.15, 0.2) is 42.5 Å². The van der Waals surface area contributed by atoms with Crippen molar-refractivity contribution in [1.82, 2.24) is 10.2 Å². The fourth-order valence-electron chi connectivity index (χ4n) is 3.12. The average Bonchev–Trinajstić information content (AvgIpc) is 2.74. The number of methoxy groups -OCH3 is 1. The Morgan fingerprint density at radius 3 is 2.48 bits per heavy atom. The van der Waals surface area contributed by atoms with Crippen LogP contribution in [-0.2, 0) is 11.3 Å². The third kappa shape index (κ3) is 5.82. The number of hydrogen-bond donors (Lipinski definition) is 2. The number of rotatable bonds is 5. The summed E-state index contributed by atoms with van der Waals surface area (Å²) >= 11 is 11.4. The largest absolute Gasteiger partial charge is 0.465 e. The molecule has 0 radical (unpaired) electrons. The number of benzene rings is 2. The Balaban J connectivity index is 1.52. The Kier molecular flexibility index (Phi) is 7.30. The van der Waals surface area contributed by atoms with Gasteiger partial charge in [0, 0.05) is 44.1 Å². The second-order valence-electron chi connectivity index (χ2n) is 6.95. The molecule has 0 saturated carbocycles. The van der Waals surface area contributed by atoms with Gasteiger partial charge in [-0.05, 0) is 55.2 Å². The van der Waals surface area contributed by atoms with E-state index in [1.54, 1.807) is 18.2 Å². The van der Waals surface area contributed by atoms with Crippen LogP contribution in [0.2, 0.25) is 5.02 Å². The number of ether oxygens (including phenoxy) is 1. The fourth-order valence-corrected chi connectivity index (χ4v) is 3.50. The summed E-state index contributed by atoms with van der Waals surface area (Å²) in [4.78, 5) is 16.5. The first-order valence-corrected chi connectivity index (χ1v) is 10.2. The molecule has 1 aliphatic rings. The summed E-state index contributed by atoms with van der Waals surface area (Å²) in [6.07, 6.45) is 0. The van der Waals surface area contributed by atoms with E-state index in [9.17, 15) is 4.79 Å². The molecule has 0 aromatic heterocycles. The molecule has 154 valence electrons. The number of hydrogen-bond acceptors (Lipinski definition) is 5. The van der Waals surface area contributed by atoms with E-state index >= 15 is 0 Å². The van der Waals surface area contributed by atoms with Crippen LogP contribution in [0.4, 0.5) is 11.4 Å². The monoisotopic (exact) mass is 432 g/mol. The molecule has 0 unspecified atom stereocenters. The third-order valence-corrected chi connectivity index (χ3v) is 5.46. The molecule has 1 fully saturated rings. The Hall–Kier alpha value is -2.35. The van der Waals surface area contributed by atoms with Gasteiger partial charge < -0.3 is 25.2 Å².